The van der Waals surface area contributed by atoms with Crippen molar-refractivity contribution in [3.63, 3.8) is 0 Å². The van der Waals surface area contributed by atoms with Gasteiger partial charge < -0.3 is 10.5 Å². The van der Waals surface area contributed by atoms with E-state index in [2.05, 4.69) is 0 Å². The number of nitrogen functional groups attached to an aromatic ring is 1. The number of ether oxygens (including phenoxy) is 1. The highest BCUT2D eigenvalue weighted by Crippen LogP contribution is 2.25. The van der Waals surface area contributed by atoms with Crippen molar-refractivity contribution in [2.75, 3.05) is 5.73 Å². The summed E-state index contributed by atoms with van der Waals surface area (Å²) in [5, 5.41) is 0.942. The topological polar surface area (TPSA) is 52.3 Å². The summed E-state index contributed by atoms with van der Waals surface area (Å²) >= 11 is 12.0. The minimum absolute atomic E-state index is 0.0285. The number of hydrogen-bond acceptors (Lipinski definition) is 3. The number of rotatable bonds is 3. The number of benzene rings is 2. The molecule has 2 N–H and O–H groups in total. The van der Waals surface area contributed by atoms with Crippen molar-refractivity contribution in [1.29, 1.82) is 0 Å². The Morgan fingerprint density at radius 1 is 1.20 bits per heavy atom. The molecule has 0 fully saturated rings. The molecule has 0 heterocycles. The summed E-state index contributed by atoms with van der Waals surface area (Å²) in [5.41, 5.74) is 8.21. The summed E-state index contributed by atoms with van der Waals surface area (Å²) in [4.78, 5) is 12.0. The number of nitrogens with two attached hydrogens (primary N) is 1. The number of anilines is 1. The predicted molar refractivity (Wildman–Crippen MR) is 81.2 cm³/mol. The van der Waals surface area contributed by atoms with Crippen LogP contribution in [-0.4, -0.2) is 5.97 Å². The minimum atomic E-state index is -0.441. The van der Waals surface area contributed by atoms with E-state index in [1.54, 1.807) is 36.4 Å². The molecule has 3 nitrogen and oxygen atoms in total. The summed E-state index contributed by atoms with van der Waals surface area (Å²) < 4.78 is 5.22. The molecule has 20 heavy (non-hydrogen) atoms. The van der Waals surface area contributed by atoms with E-state index in [9.17, 15) is 4.79 Å². The molecule has 0 spiro atoms. The predicted octanol–water partition coefficient (Wildman–Crippen LogP) is 4.24. The average Bonchev–Trinajstić information content (AvgIpc) is 2.41. The molecular formula is C15H13Cl2NO2. The minimum Gasteiger partial charge on any atom is -0.457 e. The van der Waals surface area contributed by atoms with E-state index < -0.39 is 5.97 Å². The van der Waals surface area contributed by atoms with Crippen LogP contribution in [0.25, 0.3) is 0 Å². The van der Waals surface area contributed by atoms with Gasteiger partial charge in [0.1, 0.15) is 6.61 Å². The fourth-order valence-electron chi connectivity index (χ4n) is 1.69. The second-order valence-electron chi connectivity index (χ2n) is 4.35. The molecule has 0 radical (unpaired) electrons. The highest BCUT2D eigenvalue weighted by atomic mass is 35.5. The number of esters is 1. The Balaban J connectivity index is 2.11. The Bertz CT molecular complexity index is 636. The number of hydrogen-bond donors (Lipinski definition) is 1. The van der Waals surface area contributed by atoms with Crippen LogP contribution < -0.4 is 5.73 Å². The van der Waals surface area contributed by atoms with Crippen molar-refractivity contribution < 1.29 is 9.53 Å². The highest BCUT2D eigenvalue weighted by Gasteiger charge is 2.11. The van der Waals surface area contributed by atoms with E-state index in [0.717, 1.165) is 5.56 Å². The first-order chi connectivity index (χ1) is 9.49. The molecule has 0 amide bonds. The van der Waals surface area contributed by atoms with Crippen molar-refractivity contribution in [2.24, 2.45) is 0 Å². The Labute approximate surface area is 127 Å². The smallest absolute Gasteiger partial charge is 0.338 e. The summed E-state index contributed by atoms with van der Waals surface area (Å²) in [5.74, 6) is -0.441. The Morgan fingerprint density at radius 2 is 1.85 bits per heavy atom. The van der Waals surface area contributed by atoms with Crippen LogP contribution in [-0.2, 0) is 11.3 Å². The van der Waals surface area contributed by atoms with E-state index in [0.29, 0.717) is 26.9 Å². The van der Waals surface area contributed by atoms with Crippen LogP contribution in [0.4, 0.5) is 5.69 Å². The first-order valence-electron chi connectivity index (χ1n) is 5.95. The van der Waals surface area contributed by atoms with Gasteiger partial charge in [-0.1, -0.05) is 29.3 Å². The van der Waals surface area contributed by atoms with Gasteiger partial charge in [0.25, 0.3) is 0 Å². The Hall–Kier alpha value is -1.71. The normalized spacial score (nSPS) is 10.3. The van der Waals surface area contributed by atoms with Gasteiger partial charge in [-0.2, -0.15) is 0 Å². The summed E-state index contributed by atoms with van der Waals surface area (Å²) in [6.07, 6.45) is 0. The third-order valence-electron chi connectivity index (χ3n) is 2.91. The summed E-state index contributed by atoms with van der Waals surface area (Å²) in [7, 11) is 0. The molecule has 5 heteroatoms. The Kier molecular flexibility index (Phi) is 4.53. The summed E-state index contributed by atoms with van der Waals surface area (Å²) in [6.45, 7) is 1.86. The van der Waals surface area contributed by atoms with Gasteiger partial charge in [0.15, 0.2) is 0 Å². The van der Waals surface area contributed by atoms with Gasteiger partial charge in [-0.15, -0.1) is 0 Å². The van der Waals surface area contributed by atoms with Crippen molar-refractivity contribution in [3.05, 3.63) is 63.1 Å². The van der Waals surface area contributed by atoms with Gasteiger partial charge >= 0.3 is 5.97 Å². The average molecular weight is 310 g/mol. The zero-order valence-corrected chi connectivity index (χ0v) is 12.3. The largest absolute Gasteiger partial charge is 0.457 e. The maximum absolute atomic E-state index is 12.0. The molecule has 0 aliphatic rings. The SMILES string of the molecule is Cc1cc(C(=O)OCc2c(Cl)cccc2Cl)ccc1N. The van der Waals surface area contributed by atoms with Crippen molar-refractivity contribution >= 4 is 34.9 Å². The Morgan fingerprint density at radius 3 is 2.45 bits per heavy atom. The van der Waals surface area contributed by atoms with E-state index in [4.69, 9.17) is 33.7 Å². The van der Waals surface area contributed by atoms with Gasteiger partial charge in [-0.3, -0.25) is 0 Å². The second kappa shape index (κ2) is 6.16. The standard InChI is InChI=1S/C15H13Cl2NO2/c1-9-7-10(5-6-14(9)18)15(19)20-8-11-12(16)3-2-4-13(11)17/h2-7H,8,18H2,1H3. The first kappa shape index (κ1) is 14.7. The second-order valence-corrected chi connectivity index (χ2v) is 5.16. The number of carbonyl (C=O) groups is 1. The number of halogens is 2. The fraction of sp³-hybridized carbons (Fsp3) is 0.133. The molecule has 0 unspecified atom stereocenters. The number of carbonyl (C=O) groups excluding carboxylic acids is 1. The van der Waals surface area contributed by atoms with Crippen molar-refractivity contribution in [2.45, 2.75) is 13.5 Å². The van der Waals surface area contributed by atoms with E-state index in [1.165, 1.54) is 0 Å². The monoisotopic (exact) mass is 309 g/mol. The van der Waals surface area contributed by atoms with Crippen molar-refractivity contribution in [3.8, 4) is 0 Å². The molecule has 0 bridgehead atoms. The molecule has 0 aromatic heterocycles. The zero-order valence-electron chi connectivity index (χ0n) is 10.8. The quantitative estimate of drug-likeness (QED) is 0.681. The lowest BCUT2D eigenvalue weighted by Gasteiger charge is -2.09. The van der Waals surface area contributed by atoms with Gasteiger partial charge in [0.05, 0.1) is 5.56 Å². The third-order valence-corrected chi connectivity index (χ3v) is 3.62. The van der Waals surface area contributed by atoms with Crippen LogP contribution in [0, 0.1) is 6.92 Å². The van der Waals surface area contributed by atoms with Crippen molar-refractivity contribution in [1.82, 2.24) is 0 Å². The molecule has 2 aromatic carbocycles. The molecule has 2 rings (SSSR count). The third kappa shape index (κ3) is 3.24. The molecular weight excluding hydrogens is 297 g/mol. The van der Waals surface area contributed by atoms with E-state index in [-0.39, 0.29) is 6.61 Å². The highest BCUT2D eigenvalue weighted by molar-refractivity contribution is 6.35. The molecule has 0 atom stereocenters. The van der Waals surface area contributed by atoms with Crippen LogP contribution in [0.15, 0.2) is 36.4 Å². The molecule has 0 aliphatic heterocycles. The maximum atomic E-state index is 12.0. The molecule has 104 valence electrons. The molecule has 0 saturated heterocycles. The zero-order chi connectivity index (χ0) is 14.7. The summed E-state index contributed by atoms with van der Waals surface area (Å²) in [6, 6.07) is 10.1. The molecule has 0 aliphatic carbocycles. The van der Waals surface area contributed by atoms with Gasteiger partial charge in [0.2, 0.25) is 0 Å². The maximum Gasteiger partial charge on any atom is 0.338 e. The van der Waals surface area contributed by atoms with Crippen LogP contribution in [0.2, 0.25) is 10.0 Å². The first-order valence-corrected chi connectivity index (χ1v) is 6.71. The van der Waals surface area contributed by atoms with Crippen LogP contribution in [0.3, 0.4) is 0 Å². The van der Waals surface area contributed by atoms with Crippen LogP contribution in [0.1, 0.15) is 21.5 Å². The van der Waals surface area contributed by atoms with Crippen LogP contribution >= 0.6 is 23.2 Å². The van der Waals surface area contributed by atoms with Gasteiger partial charge in [-0.05, 0) is 42.8 Å². The fourth-order valence-corrected chi connectivity index (χ4v) is 2.20. The lowest BCUT2D eigenvalue weighted by atomic mass is 10.1. The van der Waals surface area contributed by atoms with Gasteiger partial charge in [0, 0.05) is 21.3 Å². The number of aryl methyl sites for hydroxylation is 1. The van der Waals surface area contributed by atoms with Gasteiger partial charge in [-0.25, -0.2) is 4.79 Å². The van der Waals surface area contributed by atoms with E-state index in [1.807, 2.05) is 6.92 Å². The van der Waals surface area contributed by atoms with E-state index >= 15 is 0 Å². The lowest BCUT2D eigenvalue weighted by Crippen LogP contribution is -2.06. The lowest BCUT2D eigenvalue weighted by molar-refractivity contribution is 0.0473. The molecule has 0 saturated carbocycles. The van der Waals surface area contributed by atoms with Crippen LogP contribution in [0.5, 0.6) is 0 Å². The molecule has 2 aromatic rings.